The van der Waals surface area contributed by atoms with Crippen molar-refractivity contribution in [3.63, 3.8) is 0 Å². The molecule has 0 rings (SSSR count). The first-order valence-electron chi connectivity index (χ1n) is 4.36. The van der Waals surface area contributed by atoms with Crippen molar-refractivity contribution < 1.29 is 19.9 Å². The van der Waals surface area contributed by atoms with E-state index in [9.17, 15) is 9.59 Å². The molecule has 4 N–H and O–H groups in total. The van der Waals surface area contributed by atoms with Gasteiger partial charge in [0.25, 0.3) is 5.91 Å². The first kappa shape index (κ1) is 12.9. The van der Waals surface area contributed by atoms with Crippen molar-refractivity contribution in [3.8, 4) is 0 Å². The van der Waals surface area contributed by atoms with Gasteiger partial charge in [-0.1, -0.05) is 13.8 Å². The average molecular weight is 204 g/mol. The molecule has 0 aliphatic carbocycles. The predicted octanol–water partition coefficient (Wildman–Crippen LogP) is -0.419. The maximum atomic E-state index is 10.7. The van der Waals surface area contributed by atoms with Crippen molar-refractivity contribution in [2.24, 2.45) is 5.92 Å². The van der Waals surface area contributed by atoms with Gasteiger partial charge >= 0.3 is 5.97 Å². The lowest BCUT2D eigenvalue weighted by molar-refractivity contribution is -0.140. The first-order chi connectivity index (χ1) is 6.47. The average Bonchev–Trinajstić information content (AvgIpc) is 2.10. The summed E-state index contributed by atoms with van der Waals surface area (Å²) in [5.41, 5.74) is 1.42. The van der Waals surface area contributed by atoms with E-state index in [1.54, 1.807) is 0 Å². The van der Waals surface area contributed by atoms with Crippen LogP contribution in [0.3, 0.4) is 0 Å². The Hall–Kier alpha value is -1.14. The number of rotatable bonds is 6. The van der Waals surface area contributed by atoms with Crippen LogP contribution in [-0.4, -0.2) is 34.8 Å². The molecule has 0 saturated heterocycles. The van der Waals surface area contributed by atoms with Crippen LogP contribution in [0.25, 0.3) is 0 Å². The number of carbonyl (C=O) groups excluding carboxylic acids is 1. The number of aliphatic carboxylic acids is 1. The van der Waals surface area contributed by atoms with E-state index in [1.165, 1.54) is 5.48 Å². The van der Waals surface area contributed by atoms with Crippen LogP contribution in [0.5, 0.6) is 0 Å². The molecule has 6 heteroatoms. The summed E-state index contributed by atoms with van der Waals surface area (Å²) in [4.78, 5) is 21.3. The Morgan fingerprint density at radius 3 is 2.29 bits per heavy atom. The van der Waals surface area contributed by atoms with Gasteiger partial charge in [-0.15, -0.1) is 0 Å². The Morgan fingerprint density at radius 1 is 1.36 bits per heavy atom. The summed E-state index contributed by atoms with van der Waals surface area (Å²) in [5, 5.41) is 19.5. The van der Waals surface area contributed by atoms with Gasteiger partial charge in [-0.3, -0.25) is 20.1 Å². The Labute approximate surface area is 82.3 Å². The van der Waals surface area contributed by atoms with Gasteiger partial charge in [0.2, 0.25) is 0 Å². The molecule has 0 aromatic rings. The van der Waals surface area contributed by atoms with Crippen molar-refractivity contribution in [1.29, 1.82) is 0 Å². The number of hydrogen-bond donors (Lipinski definition) is 4. The molecule has 0 aromatic heterocycles. The monoisotopic (exact) mass is 204 g/mol. The summed E-state index contributed by atoms with van der Waals surface area (Å²) in [6.45, 7) is 3.58. The third-order valence-corrected chi connectivity index (χ3v) is 1.64. The smallest absolute Gasteiger partial charge is 0.320 e. The van der Waals surface area contributed by atoms with Gasteiger partial charge in [0.1, 0.15) is 6.04 Å². The summed E-state index contributed by atoms with van der Waals surface area (Å²) < 4.78 is 0. The van der Waals surface area contributed by atoms with E-state index < -0.39 is 17.9 Å². The summed E-state index contributed by atoms with van der Waals surface area (Å²) in [7, 11) is 0. The zero-order chi connectivity index (χ0) is 11.1. The number of amides is 1. The normalized spacial score (nSPS) is 12.6. The van der Waals surface area contributed by atoms with Gasteiger partial charge in [-0.25, -0.2) is 5.48 Å². The molecule has 0 fully saturated rings. The van der Waals surface area contributed by atoms with Crippen molar-refractivity contribution in [3.05, 3.63) is 0 Å². The molecule has 1 atom stereocenters. The van der Waals surface area contributed by atoms with Crippen LogP contribution in [0.4, 0.5) is 0 Å². The molecule has 14 heavy (non-hydrogen) atoms. The molecule has 6 nitrogen and oxygen atoms in total. The van der Waals surface area contributed by atoms with Crippen molar-refractivity contribution in [1.82, 2.24) is 10.8 Å². The quantitative estimate of drug-likeness (QED) is 0.348. The van der Waals surface area contributed by atoms with Gasteiger partial charge in [-0.2, -0.15) is 0 Å². The molecular formula is C8H16N2O4. The molecule has 0 saturated carbocycles. The number of carbonyl (C=O) groups is 2. The lowest BCUT2D eigenvalue weighted by Gasteiger charge is -2.15. The first-order valence-corrected chi connectivity index (χ1v) is 4.36. The van der Waals surface area contributed by atoms with Crippen LogP contribution in [0.15, 0.2) is 0 Å². The maximum absolute atomic E-state index is 10.7. The minimum absolute atomic E-state index is 0.208. The molecule has 0 radical (unpaired) electrons. The minimum Gasteiger partial charge on any atom is -0.480 e. The lowest BCUT2D eigenvalue weighted by atomic mass is 10.0. The molecule has 0 aromatic carbocycles. The SMILES string of the molecule is CC(C)CC(NCC(=O)NO)C(=O)O. The van der Waals surface area contributed by atoms with E-state index in [-0.39, 0.29) is 12.5 Å². The van der Waals surface area contributed by atoms with Gasteiger partial charge < -0.3 is 5.11 Å². The van der Waals surface area contributed by atoms with Gasteiger partial charge in [0, 0.05) is 0 Å². The van der Waals surface area contributed by atoms with Crippen LogP contribution >= 0.6 is 0 Å². The highest BCUT2D eigenvalue weighted by atomic mass is 16.5. The zero-order valence-corrected chi connectivity index (χ0v) is 8.28. The molecule has 82 valence electrons. The van der Waals surface area contributed by atoms with Crippen LogP contribution in [0.1, 0.15) is 20.3 Å². The molecule has 1 unspecified atom stereocenters. The van der Waals surface area contributed by atoms with Crippen LogP contribution in [0, 0.1) is 5.92 Å². The van der Waals surface area contributed by atoms with E-state index >= 15 is 0 Å². The molecular weight excluding hydrogens is 188 g/mol. The second kappa shape index (κ2) is 6.33. The minimum atomic E-state index is -0.996. The van der Waals surface area contributed by atoms with Crippen LogP contribution in [0.2, 0.25) is 0 Å². The van der Waals surface area contributed by atoms with Crippen molar-refractivity contribution in [2.45, 2.75) is 26.3 Å². The zero-order valence-electron chi connectivity index (χ0n) is 8.28. The number of nitrogens with one attached hydrogen (secondary N) is 2. The van der Waals surface area contributed by atoms with Crippen molar-refractivity contribution >= 4 is 11.9 Å². The third-order valence-electron chi connectivity index (χ3n) is 1.64. The highest BCUT2D eigenvalue weighted by Crippen LogP contribution is 2.04. The summed E-state index contributed by atoms with van der Waals surface area (Å²) in [5.74, 6) is -1.43. The topological polar surface area (TPSA) is 98.7 Å². The number of hydrogen-bond acceptors (Lipinski definition) is 4. The van der Waals surface area contributed by atoms with Gasteiger partial charge in [-0.05, 0) is 12.3 Å². The Balaban J connectivity index is 3.97. The highest BCUT2D eigenvalue weighted by molar-refractivity contribution is 5.78. The highest BCUT2D eigenvalue weighted by Gasteiger charge is 2.18. The summed E-state index contributed by atoms with van der Waals surface area (Å²) >= 11 is 0. The van der Waals surface area contributed by atoms with E-state index in [4.69, 9.17) is 10.3 Å². The third kappa shape index (κ3) is 5.50. The van der Waals surface area contributed by atoms with Gasteiger partial charge in [0.05, 0.1) is 6.54 Å². The molecule has 0 spiro atoms. The standard InChI is InChI=1S/C8H16N2O4/c1-5(2)3-6(8(12)13)9-4-7(11)10-14/h5-6,9,14H,3-4H2,1-2H3,(H,10,11)(H,12,13). The second-order valence-electron chi connectivity index (χ2n) is 3.44. The van der Waals surface area contributed by atoms with Crippen LogP contribution in [-0.2, 0) is 9.59 Å². The fraction of sp³-hybridized carbons (Fsp3) is 0.750. The number of hydroxylamine groups is 1. The molecule has 0 aliphatic rings. The van der Waals surface area contributed by atoms with E-state index in [0.717, 1.165) is 0 Å². The van der Waals surface area contributed by atoms with E-state index in [2.05, 4.69) is 5.32 Å². The Bertz CT molecular complexity index is 206. The van der Waals surface area contributed by atoms with Crippen LogP contribution < -0.4 is 10.8 Å². The van der Waals surface area contributed by atoms with Gasteiger partial charge in [0.15, 0.2) is 0 Å². The fourth-order valence-corrected chi connectivity index (χ4v) is 0.998. The predicted molar refractivity (Wildman–Crippen MR) is 48.8 cm³/mol. The molecule has 0 bridgehead atoms. The number of carboxylic acid groups (broad SMARTS) is 1. The van der Waals surface area contributed by atoms with E-state index in [1.807, 2.05) is 13.8 Å². The lowest BCUT2D eigenvalue weighted by Crippen LogP contribution is -2.43. The largest absolute Gasteiger partial charge is 0.480 e. The van der Waals surface area contributed by atoms with E-state index in [0.29, 0.717) is 6.42 Å². The molecule has 0 heterocycles. The summed E-state index contributed by atoms with van der Waals surface area (Å²) in [6, 6.07) is -0.757. The summed E-state index contributed by atoms with van der Waals surface area (Å²) in [6.07, 6.45) is 0.439. The van der Waals surface area contributed by atoms with Crippen molar-refractivity contribution in [2.75, 3.05) is 6.54 Å². The molecule has 1 amide bonds. The Kier molecular flexibility index (Phi) is 5.82. The number of carboxylic acids is 1. The Morgan fingerprint density at radius 2 is 1.93 bits per heavy atom. The fourth-order valence-electron chi connectivity index (χ4n) is 0.998. The second-order valence-corrected chi connectivity index (χ2v) is 3.44. The maximum Gasteiger partial charge on any atom is 0.320 e. The molecule has 0 aliphatic heterocycles.